The van der Waals surface area contributed by atoms with Crippen molar-refractivity contribution < 1.29 is 4.79 Å². The molecule has 1 amide bonds. The van der Waals surface area contributed by atoms with Gasteiger partial charge in [-0.25, -0.2) is 4.98 Å². The van der Waals surface area contributed by atoms with Crippen LogP contribution >= 0.6 is 23.1 Å². The number of thioether (sulfide) groups is 1. The van der Waals surface area contributed by atoms with Gasteiger partial charge in [0, 0.05) is 18.0 Å². The minimum Gasteiger partial charge on any atom is -0.311 e. The van der Waals surface area contributed by atoms with Crippen LogP contribution in [0.1, 0.15) is 0 Å². The first kappa shape index (κ1) is 17.9. The van der Waals surface area contributed by atoms with E-state index in [-0.39, 0.29) is 11.7 Å². The van der Waals surface area contributed by atoms with Gasteiger partial charge < -0.3 is 9.88 Å². The van der Waals surface area contributed by atoms with Crippen molar-refractivity contribution in [1.29, 1.82) is 0 Å². The summed E-state index contributed by atoms with van der Waals surface area (Å²) in [6.07, 6.45) is 0. The molecule has 3 heterocycles. The number of aromatic nitrogens is 5. The fourth-order valence-electron chi connectivity index (χ4n) is 3.19. The SMILES string of the molecule is Cn1c2ccccc2n2c(SCC(=O)Nc3nc(-c4ccccc4)cs3)nnc12. The molecule has 5 aromatic rings. The molecule has 0 aliphatic heterocycles. The highest BCUT2D eigenvalue weighted by Crippen LogP contribution is 2.26. The number of carbonyl (C=O) groups excluding carboxylic acids is 1. The first-order valence-electron chi connectivity index (χ1n) is 8.93. The summed E-state index contributed by atoms with van der Waals surface area (Å²) in [6, 6.07) is 17.9. The van der Waals surface area contributed by atoms with Crippen molar-refractivity contribution in [3.8, 4) is 11.3 Å². The third kappa shape index (κ3) is 3.28. The first-order chi connectivity index (χ1) is 14.2. The highest BCUT2D eigenvalue weighted by molar-refractivity contribution is 7.99. The zero-order chi connectivity index (χ0) is 19.8. The number of amides is 1. The predicted molar refractivity (Wildman–Crippen MR) is 116 cm³/mol. The maximum absolute atomic E-state index is 12.4. The van der Waals surface area contributed by atoms with E-state index in [4.69, 9.17) is 0 Å². The van der Waals surface area contributed by atoms with Crippen molar-refractivity contribution in [3.63, 3.8) is 0 Å². The van der Waals surface area contributed by atoms with Crippen molar-refractivity contribution in [2.75, 3.05) is 11.1 Å². The number of imidazole rings is 1. The van der Waals surface area contributed by atoms with Crippen LogP contribution in [0.3, 0.4) is 0 Å². The minimum atomic E-state index is -0.124. The molecule has 9 heteroatoms. The van der Waals surface area contributed by atoms with Crippen LogP contribution in [0.2, 0.25) is 0 Å². The van der Waals surface area contributed by atoms with E-state index in [1.54, 1.807) is 0 Å². The molecule has 0 aliphatic rings. The molecule has 5 rings (SSSR count). The number of carbonyl (C=O) groups is 1. The maximum Gasteiger partial charge on any atom is 0.236 e. The molecule has 0 saturated carbocycles. The second kappa shape index (κ2) is 7.34. The molecule has 0 bridgehead atoms. The third-order valence-corrected chi connectivity index (χ3v) is 6.24. The van der Waals surface area contributed by atoms with Crippen molar-refractivity contribution in [2.24, 2.45) is 7.05 Å². The average Bonchev–Trinajstić information content (AvgIpc) is 3.45. The van der Waals surface area contributed by atoms with Crippen molar-refractivity contribution in [1.82, 2.24) is 24.1 Å². The Hall–Kier alpha value is -3.17. The van der Waals surface area contributed by atoms with Crippen molar-refractivity contribution in [2.45, 2.75) is 5.16 Å². The number of para-hydroxylation sites is 2. The highest BCUT2D eigenvalue weighted by Gasteiger charge is 2.16. The second-order valence-electron chi connectivity index (χ2n) is 6.41. The lowest BCUT2D eigenvalue weighted by Gasteiger charge is -2.01. The van der Waals surface area contributed by atoms with Crippen molar-refractivity contribution >= 4 is 50.9 Å². The average molecular weight is 421 g/mol. The predicted octanol–water partition coefficient (Wildman–Crippen LogP) is 4.08. The fourth-order valence-corrected chi connectivity index (χ4v) is 4.66. The van der Waals surface area contributed by atoms with Gasteiger partial charge >= 0.3 is 0 Å². The van der Waals surface area contributed by atoms with Gasteiger partial charge in [-0.2, -0.15) is 0 Å². The Labute approximate surface area is 174 Å². The largest absolute Gasteiger partial charge is 0.311 e. The van der Waals surface area contributed by atoms with Crippen LogP contribution in [-0.4, -0.2) is 35.8 Å². The Kier molecular flexibility index (Phi) is 4.53. The number of nitrogens with zero attached hydrogens (tertiary/aromatic N) is 5. The molecule has 0 spiro atoms. The molecule has 0 saturated heterocycles. The number of hydrogen-bond donors (Lipinski definition) is 1. The minimum absolute atomic E-state index is 0.124. The molecule has 7 nitrogen and oxygen atoms in total. The van der Waals surface area contributed by atoms with Gasteiger partial charge in [-0.1, -0.05) is 54.2 Å². The molecule has 29 heavy (non-hydrogen) atoms. The molecule has 144 valence electrons. The molecule has 2 aromatic carbocycles. The summed E-state index contributed by atoms with van der Waals surface area (Å²) in [5, 5.41) is 14.6. The van der Waals surface area contributed by atoms with Crippen LogP contribution in [0.5, 0.6) is 0 Å². The van der Waals surface area contributed by atoms with E-state index >= 15 is 0 Å². The van der Waals surface area contributed by atoms with Gasteiger partial charge in [0.05, 0.1) is 22.5 Å². The van der Waals surface area contributed by atoms with E-state index in [0.29, 0.717) is 10.3 Å². The lowest BCUT2D eigenvalue weighted by atomic mass is 10.2. The Morgan fingerprint density at radius 2 is 1.83 bits per heavy atom. The van der Waals surface area contributed by atoms with Gasteiger partial charge in [0.25, 0.3) is 0 Å². The summed E-state index contributed by atoms with van der Waals surface area (Å²) in [5.41, 5.74) is 3.97. The Balaban J connectivity index is 1.30. The van der Waals surface area contributed by atoms with Crippen LogP contribution in [0.25, 0.3) is 28.1 Å². The van der Waals surface area contributed by atoms with Gasteiger partial charge in [0.2, 0.25) is 11.7 Å². The van der Waals surface area contributed by atoms with Crippen LogP contribution in [0.15, 0.2) is 65.1 Å². The standard InChI is InChI=1S/C20H16N6OS2/c1-25-15-9-5-6-10-16(15)26-19(25)23-24-20(26)29-12-17(27)22-18-21-14(11-28-18)13-7-3-2-4-8-13/h2-11H,12H2,1H3,(H,21,22,27). The molecule has 1 N–H and O–H groups in total. The van der Waals surface area contributed by atoms with Crippen LogP contribution < -0.4 is 5.32 Å². The van der Waals surface area contributed by atoms with Crippen molar-refractivity contribution in [3.05, 3.63) is 60.0 Å². The number of hydrogen-bond acceptors (Lipinski definition) is 6. The Morgan fingerprint density at radius 3 is 2.66 bits per heavy atom. The topological polar surface area (TPSA) is 77.1 Å². The molecule has 0 aliphatic carbocycles. The lowest BCUT2D eigenvalue weighted by Crippen LogP contribution is -2.14. The highest BCUT2D eigenvalue weighted by atomic mass is 32.2. The van der Waals surface area contributed by atoms with Crippen LogP contribution in [0.4, 0.5) is 5.13 Å². The molecule has 3 aromatic heterocycles. The fraction of sp³-hybridized carbons (Fsp3) is 0.100. The number of rotatable bonds is 5. The monoisotopic (exact) mass is 420 g/mol. The number of nitrogens with one attached hydrogen (secondary N) is 1. The number of fused-ring (bicyclic) bond motifs is 3. The molecule has 0 fully saturated rings. The van der Waals surface area contributed by atoms with E-state index in [2.05, 4.69) is 20.5 Å². The Morgan fingerprint density at radius 1 is 1.07 bits per heavy atom. The first-order valence-corrected chi connectivity index (χ1v) is 10.8. The van der Waals surface area contributed by atoms with Crippen LogP contribution in [0, 0.1) is 0 Å². The third-order valence-electron chi connectivity index (χ3n) is 4.55. The zero-order valence-corrected chi connectivity index (χ0v) is 17.1. The van der Waals surface area contributed by atoms with E-state index in [0.717, 1.165) is 28.1 Å². The van der Waals surface area contributed by atoms with E-state index in [9.17, 15) is 4.79 Å². The van der Waals surface area contributed by atoms with E-state index < -0.39 is 0 Å². The van der Waals surface area contributed by atoms with Gasteiger partial charge in [-0.05, 0) is 12.1 Å². The van der Waals surface area contributed by atoms with Crippen LogP contribution in [-0.2, 0) is 11.8 Å². The van der Waals surface area contributed by atoms with Gasteiger partial charge in [0.1, 0.15) is 0 Å². The summed E-state index contributed by atoms with van der Waals surface area (Å²) < 4.78 is 3.97. The summed E-state index contributed by atoms with van der Waals surface area (Å²) in [4.78, 5) is 16.9. The molecule has 0 unspecified atom stereocenters. The number of thiazole rings is 1. The van der Waals surface area contributed by atoms with E-state index in [1.807, 2.05) is 76.0 Å². The van der Waals surface area contributed by atoms with Gasteiger partial charge in [0.15, 0.2) is 10.3 Å². The summed E-state index contributed by atoms with van der Waals surface area (Å²) in [7, 11) is 1.96. The molecular formula is C20H16N6OS2. The summed E-state index contributed by atoms with van der Waals surface area (Å²) in [5.74, 6) is 0.854. The summed E-state index contributed by atoms with van der Waals surface area (Å²) in [6.45, 7) is 0. The second-order valence-corrected chi connectivity index (χ2v) is 8.21. The summed E-state index contributed by atoms with van der Waals surface area (Å²) >= 11 is 2.77. The maximum atomic E-state index is 12.4. The number of aryl methyl sites for hydroxylation is 1. The molecule has 0 atom stereocenters. The van der Waals surface area contributed by atoms with E-state index in [1.165, 1.54) is 23.1 Å². The zero-order valence-electron chi connectivity index (χ0n) is 15.4. The molecular weight excluding hydrogens is 404 g/mol. The Bertz CT molecular complexity index is 1320. The smallest absolute Gasteiger partial charge is 0.236 e. The molecule has 0 radical (unpaired) electrons. The number of benzene rings is 2. The normalized spacial score (nSPS) is 11.3. The van der Waals surface area contributed by atoms with Gasteiger partial charge in [-0.3, -0.25) is 9.20 Å². The van der Waals surface area contributed by atoms with Gasteiger partial charge in [-0.15, -0.1) is 21.5 Å². The quantitative estimate of drug-likeness (QED) is 0.434. The number of anilines is 1. The lowest BCUT2D eigenvalue weighted by molar-refractivity contribution is -0.113.